The Hall–Kier alpha value is -2.75. The van der Waals surface area contributed by atoms with E-state index in [0.717, 1.165) is 5.56 Å². The Morgan fingerprint density at radius 2 is 1.58 bits per heavy atom. The Morgan fingerprint density at radius 3 is 2.23 bits per heavy atom. The molecule has 0 saturated heterocycles. The van der Waals surface area contributed by atoms with Gasteiger partial charge in [-0.15, -0.1) is 0 Å². The first-order valence-electron chi connectivity index (χ1n) is 8.44. The summed E-state index contributed by atoms with van der Waals surface area (Å²) in [5.41, 5.74) is 2.59. The molecule has 0 unspecified atom stereocenters. The number of aryl methyl sites for hydroxylation is 2. The van der Waals surface area contributed by atoms with Gasteiger partial charge in [-0.05, 0) is 41.7 Å². The normalized spacial score (nSPS) is 10.8. The summed E-state index contributed by atoms with van der Waals surface area (Å²) in [6.07, 6.45) is 0.443. The number of rotatable bonds is 5. The minimum absolute atomic E-state index is 0.229. The number of hydrogen-bond donors (Lipinski definition) is 0. The maximum Gasteiger partial charge on any atom is 0.166 e. The van der Waals surface area contributed by atoms with Gasteiger partial charge in [-0.1, -0.05) is 49.4 Å². The van der Waals surface area contributed by atoms with E-state index in [9.17, 15) is 13.2 Å². The molecular weight excluding hydrogens is 337 g/mol. The molecular formula is C22H19F3O. The summed E-state index contributed by atoms with van der Waals surface area (Å²) < 4.78 is 47.3. The molecule has 0 aromatic heterocycles. The average molecular weight is 356 g/mol. The van der Waals surface area contributed by atoms with Gasteiger partial charge in [0.1, 0.15) is 18.2 Å². The van der Waals surface area contributed by atoms with Crippen molar-refractivity contribution in [2.75, 3.05) is 0 Å². The second kappa shape index (κ2) is 7.65. The molecule has 134 valence electrons. The molecule has 3 aromatic carbocycles. The monoisotopic (exact) mass is 356 g/mol. The van der Waals surface area contributed by atoms with Crippen molar-refractivity contribution in [1.29, 1.82) is 0 Å². The molecule has 0 aliphatic carbocycles. The van der Waals surface area contributed by atoms with Gasteiger partial charge in [0.05, 0.1) is 0 Å². The minimum atomic E-state index is -0.830. The van der Waals surface area contributed by atoms with Crippen LogP contribution < -0.4 is 4.74 Å². The maximum atomic E-state index is 14.2. The summed E-state index contributed by atoms with van der Waals surface area (Å²) in [6, 6.07) is 14.9. The summed E-state index contributed by atoms with van der Waals surface area (Å²) in [7, 11) is 0. The predicted octanol–water partition coefficient (Wildman–Crippen LogP) is 6.22. The molecule has 0 aliphatic heterocycles. The molecule has 26 heavy (non-hydrogen) atoms. The molecule has 4 heteroatoms. The first kappa shape index (κ1) is 18.1. The molecule has 0 bridgehead atoms. The molecule has 3 rings (SSSR count). The van der Waals surface area contributed by atoms with Gasteiger partial charge < -0.3 is 4.74 Å². The SMILES string of the molecule is CCc1ccc(-c2ccc(COc3ccc(C)c(F)c3)cc2)c(F)c1F. The van der Waals surface area contributed by atoms with E-state index in [4.69, 9.17) is 4.74 Å². The van der Waals surface area contributed by atoms with Crippen LogP contribution in [0.4, 0.5) is 13.2 Å². The van der Waals surface area contributed by atoms with Gasteiger partial charge in [0, 0.05) is 11.6 Å². The number of halogens is 3. The van der Waals surface area contributed by atoms with Gasteiger partial charge in [0.2, 0.25) is 0 Å². The number of hydrogen-bond acceptors (Lipinski definition) is 1. The van der Waals surface area contributed by atoms with Crippen molar-refractivity contribution >= 4 is 0 Å². The van der Waals surface area contributed by atoms with E-state index in [1.807, 2.05) is 0 Å². The van der Waals surface area contributed by atoms with Gasteiger partial charge in [-0.2, -0.15) is 0 Å². The fourth-order valence-electron chi connectivity index (χ4n) is 2.70. The zero-order valence-corrected chi connectivity index (χ0v) is 14.7. The second-order valence-corrected chi connectivity index (χ2v) is 6.15. The molecule has 0 fully saturated rings. The molecule has 0 saturated carbocycles. The van der Waals surface area contributed by atoms with Crippen LogP contribution in [-0.2, 0) is 13.0 Å². The van der Waals surface area contributed by atoms with Crippen molar-refractivity contribution in [3.05, 3.63) is 88.7 Å². The van der Waals surface area contributed by atoms with E-state index in [2.05, 4.69) is 0 Å². The highest BCUT2D eigenvalue weighted by Crippen LogP contribution is 2.27. The van der Waals surface area contributed by atoms with Crippen molar-refractivity contribution in [3.63, 3.8) is 0 Å². The van der Waals surface area contributed by atoms with Crippen LogP contribution in [0.2, 0.25) is 0 Å². The molecule has 3 aromatic rings. The highest BCUT2D eigenvalue weighted by Gasteiger charge is 2.13. The zero-order chi connectivity index (χ0) is 18.7. The lowest BCUT2D eigenvalue weighted by atomic mass is 10.0. The third-order valence-corrected chi connectivity index (χ3v) is 4.36. The highest BCUT2D eigenvalue weighted by atomic mass is 19.2. The van der Waals surface area contributed by atoms with Gasteiger partial charge in [0.15, 0.2) is 11.6 Å². The predicted molar refractivity (Wildman–Crippen MR) is 96.6 cm³/mol. The van der Waals surface area contributed by atoms with E-state index in [0.29, 0.717) is 28.9 Å². The van der Waals surface area contributed by atoms with E-state index in [1.54, 1.807) is 62.4 Å². The van der Waals surface area contributed by atoms with E-state index < -0.39 is 11.6 Å². The third kappa shape index (κ3) is 3.74. The van der Waals surface area contributed by atoms with Crippen molar-refractivity contribution in [1.82, 2.24) is 0 Å². The topological polar surface area (TPSA) is 9.23 Å². The maximum absolute atomic E-state index is 14.2. The lowest BCUT2D eigenvalue weighted by molar-refractivity contribution is 0.304. The van der Waals surface area contributed by atoms with Gasteiger partial charge in [-0.3, -0.25) is 0 Å². The van der Waals surface area contributed by atoms with Crippen molar-refractivity contribution in [3.8, 4) is 16.9 Å². The Balaban J connectivity index is 1.74. The molecule has 0 aliphatic rings. The van der Waals surface area contributed by atoms with Crippen LogP contribution >= 0.6 is 0 Å². The van der Waals surface area contributed by atoms with Crippen molar-refractivity contribution < 1.29 is 17.9 Å². The van der Waals surface area contributed by atoms with Crippen molar-refractivity contribution in [2.24, 2.45) is 0 Å². The first-order chi connectivity index (χ1) is 12.5. The summed E-state index contributed by atoms with van der Waals surface area (Å²) >= 11 is 0. The van der Waals surface area contributed by atoms with E-state index >= 15 is 0 Å². The quantitative estimate of drug-likeness (QED) is 0.527. The smallest absolute Gasteiger partial charge is 0.166 e. The highest BCUT2D eigenvalue weighted by molar-refractivity contribution is 5.65. The fourth-order valence-corrected chi connectivity index (χ4v) is 2.70. The molecule has 0 atom stereocenters. The third-order valence-electron chi connectivity index (χ3n) is 4.36. The molecule has 1 nitrogen and oxygen atoms in total. The summed E-state index contributed by atoms with van der Waals surface area (Å²) in [5.74, 6) is -1.49. The Labute approximate surface area is 151 Å². The molecule has 0 N–H and O–H groups in total. The molecule has 0 heterocycles. The summed E-state index contributed by atoms with van der Waals surface area (Å²) in [6.45, 7) is 3.73. The van der Waals surface area contributed by atoms with Crippen LogP contribution in [-0.4, -0.2) is 0 Å². The van der Waals surface area contributed by atoms with Crippen LogP contribution in [0, 0.1) is 24.4 Å². The fraction of sp³-hybridized carbons (Fsp3) is 0.182. The Bertz CT molecular complexity index is 917. The van der Waals surface area contributed by atoms with E-state index in [1.165, 1.54) is 6.07 Å². The van der Waals surface area contributed by atoms with Gasteiger partial charge in [-0.25, -0.2) is 13.2 Å². The second-order valence-electron chi connectivity index (χ2n) is 6.15. The first-order valence-corrected chi connectivity index (χ1v) is 8.44. The van der Waals surface area contributed by atoms with Crippen LogP contribution in [0.25, 0.3) is 11.1 Å². The van der Waals surface area contributed by atoms with Crippen LogP contribution in [0.15, 0.2) is 54.6 Å². The van der Waals surface area contributed by atoms with Crippen LogP contribution in [0.3, 0.4) is 0 Å². The largest absolute Gasteiger partial charge is 0.489 e. The van der Waals surface area contributed by atoms with Gasteiger partial charge in [0.25, 0.3) is 0 Å². The average Bonchev–Trinajstić information content (AvgIpc) is 2.65. The van der Waals surface area contributed by atoms with Crippen LogP contribution in [0.5, 0.6) is 5.75 Å². The molecule has 0 radical (unpaired) electrons. The Morgan fingerprint density at radius 1 is 0.846 bits per heavy atom. The number of ether oxygens (including phenoxy) is 1. The number of benzene rings is 3. The molecule has 0 spiro atoms. The van der Waals surface area contributed by atoms with Crippen LogP contribution in [0.1, 0.15) is 23.6 Å². The standard InChI is InChI=1S/C22H19F3O/c1-3-16-9-11-19(22(25)21(16)24)17-7-5-15(6-8-17)13-26-18-10-4-14(2)20(23)12-18/h4-12H,3,13H2,1-2H3. The summed E-state index contributed by atoms with van der Waals surface area (Å²) in [4.78, 5) is 0. The van der Waals surface area contributed by atoms with Gasteiger partial charge >= 0.3 is 0 Å². The Kier molecular flexibility index (Phi) is 5.31. The zero-order valence-electron chi connectivity index (χ0n) is 14.7. The minimum Gasteiger partial charge on any atom is -0.489 e. The lowest BCUT2D eigenvalue weighted by Gasteiger charge is -2.10. The van der Waals surface area contributed by atoms with Crippen molar-refractivity contribution in [2.45, 2.75) is 26.9 Å². The van der Waals surface area contributed by atoms with E-state index in [-0.39, 0.29) is 18.0 Å². The summed E-state index contributed by atoms with van der Waals surface area (Å²) in [5, 5.41) is 0. The molecule has 0 amide bonds. The lowest BCUT2D eigenvalue weighted by Crippen LogP contribution is -1.98.